The van der Waals surface area contributed by atoms with Crippen LogP contribution in [0.4, 0.5) is 17.1 Å². The van der Waals surface area contributed by atoms with E-state index >= 15 is 0 Å². The molecule has 25 heavy (non-hydrogen) atoms. The SMILES string of the molecule is CC(C)CC(=O)Oc1cc(N2CCOCC2)c([N+](=O)[O-])cc1[N+](=O)[O-]. The summed E-state index contributed by atoms with van der Waals surface area (Å²) in [4.78, 5) is 34.7. The Labute approximate surface area is 143 Å². The van der Waals surface area contributed by atoms with Crippen LogP contribution in [0.1, 0.15) is 20.3 Å². The van der Waals surface area contributed by atoms with Gasteiger partial charge in [-0.25, -0.2) is 0 Å². The Bertz CT molecular complexity index is 684. The van der Waals surface area contributed by atoms with E-state index in [1.165, 1.54) is 6.07 Å². The summed E-state index contributed by atoms with van der Waals surface area (Å²) in [5, 5.41) is 22.6. The van der Waals surface area contributed by atoms with Crippen LogP contribution in [0.3, 0.4) is 0 Å². The van der Waals surface area contributed by atoms with Crippen molar-refractivity contribution in [2.75, 3.05) is 31.2 Å². The summed E-state index contributed by atoms with van der Waals surface area (Å²) in [5.74, 6) is -0.897. The van der Waals surface area contributed by atoms with E-state index in [1.54, 1.807) is 4.90 Å². The van der Waals surface area contributed by atoms with Crippen molar-refractivity contribution >= 4 is 23.0 Å². The summed E-state index contributed by atoms with van der Waals surface area (Å²) in [7, 11) is 0. The van der Waals surface area contributed by atoms with Gasteiger partial charge in [-0.3, -0.25) is 25.0 Å². The molecule has 0 aromatic heterocycles. The van der Waals surface area contributed by atoms with E-state index in [9.17, 15) is 25.0 Å². The topological polar surface area (TPSA) is 125 Å². The molecule has 0 bridgehead atoms. The van der Waals surface area contributed by atoms with Crippen molar-refractivity contribution < 1.29 is 24.1 Å². The lowest BCUT2D eigenvalue weighted by molar-refractivity contribution is -0.394. The smallest absolute Gasteiger partial charge is 0.318 e. The van der Waals surface area contributed by atoms with Gasteiger partial charge in [0.15, 0.2) is 0 Å². The third kappa shape index (κ3) is 4.63. The van der Waals surface area contributed by atoms with Crippen LogP contribution < -0.4 is 9.64 Å². The molecule has 1 aromatic carbocycles. The molecule has 0 radical (unpaired) electrons. The lowest BCUT2D eigenvalue weighted by Gasteiger charge is -2.28. The number of anilines is 1. The summed E-state index contributed by atoms with van der Waals surface area (Å²) in [5.41, 5.74) is -0.843. The molecule has 1 aliphatic rings. The van der Waals surface area contributed by atoms with Gasteiger partial charge in [-0.15, -0.1) is 0 Å². The molecule has 0 aliphatic carbocycles. The van der Waals surface area contributed by atoms with Crippen molar-refractivity contribution in [3.8, 4) is 5.75 Å². The highest BCUT2D eigenvalue weighted by Gasteiger charge is 2.30. The lowest BCUT2D eigenvalue weighted by Crippen LogP contribution is -2.36. The van der Waals surface area contributed by atoms with E-state index in [-0.39, 0.29) is 23.8 Å². The molecule has 1 saturated heterocycles. The summed E-state index contributed by atoms with van der Waals surface area (Å²) in [6, 6.07) is 2.03. The number of morpholine rings is 1. The van der Waals surface area contributed by atoms with Crippen LogP contribution in [0.2, 0.25) is 0 Å². The van der Waals surface area contributed by atoms with Gasteiger partial charge in [0.05, 0.1) is 29.1 Å². The average Bonchev–Trinajstić information content (AvgIpc) is 2.54. The van der Waals surface area contributed by atoms with Crippen molar-refractivity contribution in [1.29, 1.82) is 0 Å². The number of nitrogens with zero attached hydrogens (tertiary/aromatic N) is 3. The molecule has 0 unspecified atom stereocenters. The number of benzene rings is 1. The number of nitro benzene ring substituents is 2. The van der Waals surface area contributed by atoms with E-state index in [4.69, 9.17) is 9.47 Å². The number of carbonyl (C=O) groups excluding carboxylic acids is 1. The predicted octanol–water partition coefficient (Wildman–Crippen LogP) is 2.29. The Morgan fingerprint density at radius 2 is 1.80 bits per heavy atom. The minimum absolute atomic E-state index is 0.0170. The quantitative estimate of drug-likeness (QED) is 0.330. The molecule has 0 saturated carbocycles. The number of esters is 1. The Morgan fingerprint density at radius 1 is 1.20 bits per heavy atom. The summed E-state index contributed by atoms with van der Waals surface area (Å²) in [6.07, 6.45) is 0.0844. The second-order valence-electron chi connectivity index (χ2n) is 5.99. The lowest BCUT2D eigenvalue weighted by atomic mass is 10.1. The maximum absolute atomic E-state index is 11.9. The van der Waals surface area contributed by atoms with Crippen molar-refractivity contribution in [3.63, 3.8) is 0 Å². The van der Waals surface area contributed by atoms with Crippen LogP contribution in [0, 0.1) is 26.1 Å². The molecule has 0 amide bonds. The van der Waals surface area contributed by atoms with Gasteiger partial charge in [0.25, 0.3) is 5.69 Å². The first-order chi connectivity index (χ1) is 11.8. The van der Waals surface area contributed by atoms with Crippen LogP contribution >= 0.6 is 0 Å². The number of rotatable bonds is 6. The van der Waals surface area contributed by atoms with Gasteiger partial charge in [-0.05, 0) is 5.92 Å². The molecule has 136 valence electrons. The second-order valence-corrected chi connectivity index (χ2v) is 5.99. The van der Waals surface area contributed by atoms with Crippen LogP contribution in [0.15, 0.2) is 12.1 Å². The zero-order chi connectivity index (χ0) is 18.6. The number of ether oxygens (including phenoxy) is 2. The fourth-order valence-corrected chi connectivity index (χ4v) is 2.47. The van der Waals surface area contributed by atoms with Gasteiger partial charge >= 0.3 is 11.7 Å². The van der Waals surface area contributed by atoms with Gasteiger partial charge in [-0.2, -0.15) is 0 Å². The van der Waals surface area contributed by atoms with Crippen LogP contribution in [-0.4, -0.2) is 42.1 Å². The van der Waals surface area contributed by atoms with E-state index in [0.717, 1.165) is 6.07 Å². The average molecular weight is 353 g/mol. The van der Waals surface area contributed by atoms with Gasteiger partial charge < -0.3 is 14.4 Å². The van der Waals surface area contributed by atoms with Gasteiger partial charge in [0, 0.05) is 25.6 Å². The molecule has 10 heteroatoms. The Hall–Kier alpha value is -2.75. The number of hydrogen-bond donors (Lipinski definition) is 0. The minimum atomic E-state index is -0.798. The fraction of sp³-hybridized carbons (Fsp3) is 0.533. The number of carbonyl (C=O) groups is 1. The second kappa shape index (κ2) is 7.88. The summed E-state index contributed by atoms with van der Waals surface area (Å²) in [6.45, 7) is 5.19. The highest BCUT2D eigenvalue weighted by atomic mass is 16.6. The summed E-state index contributed by atoms with van der Waals surface area (Å²) >= 11 is 0. The first-order valence-electron chi connectivity index (χ1n) is 7.79. The molecule has 10 nitrogen and oxygen atoms in total. The molecule has 2 rings (SSSR count). The zero-order valence-corrected chi connectivity index (χ0v) is 14.0. The van der Waals surface area contributed by atoms with Crippen molar-refractivity contribution in [1.82, 2.24) is 0 Å². The molecule has 1 heterocycles. The van der Waals surface area contributed by atoms with E-state index in [0.29, 0.717) is 26.3 Å². The van der Waals surface area contributed by atoms with Crippen molar-refractivity contribution in [2.24, 2.45) is 5.92 Å². The standard InChI is InChI=1S/C15H19N3O7/c1-10(2)7-15(19)25-14-9-11(16-3-5-24-6-4-16)12(17(20)21)8-13(14)18(22)23/h8-10H,3-7H2,1-2H3. The van der Waals surface area contributed by atoms with E-state index in [1.807, 2.05) is 13.8 Å². The fourth-order valence-electron chi connectivity index (χ4n) is 2.47. The minimum Gasteiger partial charge on any atom is -0.419 e. The van der Waals surface area contributed by atoms with Gasteiger partial charge in [-0.1, -0.05) is 13.8 Å². The Balaban J connectivity index is 2.46. The third-order valence-corrected chi connectivity index (χ3v) is 3.60. The Kier molecular flexibility index (Phi) is 5.86. The monoisotopic (exact) mass is 353 g/mol. The molecule has 0 spiro atoms. The normalized spacial score (nSPS) is 14.4. The van der Waals surface area contributed by atoms with Gasteiger partial charge in [0.2, 0.25) is 5.75 Å². The highest BCUT2D eigenvalue weighted by molar-refractivity contribution is 5.78. The largest absolute Gasteiger partial charge is 0.419 e. The first kappa shape index (κ1) is 18.6. The van der Waals surface area contributed by atoms with E-state index < -0.39 is 27.2 Å². The third-order valence-electron chi connectivity index (χ3n) is 3.60. The molecular weight excluding hydrogens is 334 g/mol. The molecule has 1 aromatic rings. The number of nitro groups is 2. The molecule has 0 atom stereocenters. The maximum Gasteiger partial charge on any atom is 0.318 e. The molecular formula is C15H19N3O7. The van der Waals surface area contributed by atoms with Gasteiger partial charge in [0.1, 0.15) is 5.69 Å². The van der Waals surface area contributed by atoms with Crippen LogP contribution in [0.25, 0.3) is 0 Å². The van der Waals surface area contributed by atoms with E-state index in [2.05, 4.69) is 0 Å². The van der Waals surface area contributed by atoms with Crippen LogP contribution in [-0.2, 0) is 9.53 Å². The predicted molar refractivity (Wildman–Crippen MR) is 87.9 cm³/mol. The molecule has 0 N–H and O–H groups in total. The highest BCUT2D eigenvalue weighted by Crippen LogP contribution is 2.40. The number of hydrogen-bond acceptors (Lipinski definition) is 8. The maximum atomic E-state index is 11.9. The zero-order valence-electron chi connectivity index (χ0n) is 14.0. The molecule has 1 aliphatic heterocycles. The first-order valence-corrected chi connectivity index (χ1v) is 7.79. The Morgan fingerprint density at radius 3 is 2.32 bits per heavy atom. The van der Waals surface area contributed by atoms with Crippen molar-refractivity contribution in [3.05, 3.63) is 32.4 Å². The van der Waals surface area contributed by atoms with Crippen LogP contribution in [0.5, 0.6) is 5.75 Å². The molecule has 1 fully saturated rings. The summed E-state index contributed by atoms with van der Waals surface area (Å²) < 4.78 is 10.3. The van der Waals surface area contributed by atoms with Crippen molar-refractivity contribution in [2.45, 2.75) is 20.3 Å².